The average molecular weight is 439 g/mol. The van der Waals surface area contributed by atoms with Crippen LogP contribution in [0.1, 0.15) is 29.8 Å². The molecule has 29 heavy (non-hydrogen) atoms. The molecule has 0 fully saturated rings. The second kappa shape index (κ2) is 9.28. The Morgan fingerprint density at radius 1 is 1.17 bits per heavy atom. The standard InChI is InChI=1S/C20H23ClN2O5S/c1-5-28-20(25)15-8-11-18(17(21)12-15)22-19(24)14(3)23(29(4,26)27)16-9-6-13(2)7-10-16/h6-12,14H,5H2,1-4H3,(H,22,24)/t14-/m0/s1. The van der Waals surface area contributed by atoms with Gasteiger partial charge in [0.1, 0.15) is 6.04 Å². The number of sulfonamides is 1. The molecule has 0 unspecified atom stereocenters. The van der Waals surface area contributed by atoms with E-state index in [4.69, 9.17) is 16.3 Å². The maximum absolute atomic E-state index is 12.7. The van der Waals surface area contributed by atoms with Gasteiger partial charge in [0, 0.05) is 0 Å². The molecule has 1 N–H and O–H groups in total. The maximum Gasteiger partial charge on any atom is 0.338 e. The van der Waals surface area contributed by atoms with Gasteiger partial charge in [0.05, 0.1) is 34.8 Å². The SMILES string of the molecule is CCOC(=O)c1ccc(NC(=O)[C@H](C)N(c2ccc(C)cc2)S(C)(=O)=O)c(Cl)c1. The molecule has 0 aromatic heterocycles. The van der Waals surface area contributed by atoms with Crippen molar-refractivity contribution >= 4 is 44.9 Å². The molecule has 0 bridgehead atoms. The molecule has 0 spiro atoms. The Labute approximate surface area is 175 Å². The van der Waals surface area contributed by atoms with E-state index in [0.717, 1.165) is 16.1 Å². The highest BCUT2D eigenvalue weighted by atomic mass is 35.5. The van der Waals surface area contributed by atoms with Crippen molar-refractivity contribution in [2.75, 3.05) is 22.5 Å². The number of benzene rings is 2. The Balaban J connectivity index is 2.26. The number of aryl methyl sites for hydroxylation is 1. The Morgan fingerprint density at radius 2 is 1.79 bits per heavy atom. The molecular formula is C20H23ClN2O5S. The van der Waals surface area contributed by atoms with Gasteiger partial charge in [0.25, 0.3) is 0 Å². The van der Waals surface area contributed by atoms with Crippen molar-refractivity contribution in [1.82, 2.24) is 0 Å². The minimum atomic E-state index is -3.72. The minimum absolute atomic E-state index is 0.136. The molecule has 0 aliphatic carbocycles. The summed E-state index contributed by atoms with van der Waals surface area (Å²) in [5.74, 6) is -1.09. The van der Waals surface area contributed by atoms with Gasteiger partial charge in [0.15, 0.2) is 0 Å². The molecule has 2 rings (SSSR count). The van der Waals surface area contributed by atoms with Crippen molar-refractivity contribution in [3.05, 3.63) is 58.6 Å². The van der Waals surface area contributed by atoms with E-state index < -0.39 is 27.9 Å². The van der Waals surface area contributed by atoms with Crippen LogP contribution in [0.2, 0.25) is 5.02 Å². The number of rotatable bonds is 7. The third kappa shape index (κ3) is 5.71. The molecule has 2 aromatic carbocycles. The van der Waals surface area contributed by atoms with Gasteiger partial charge in [-0.15, -0.1) is 0 Å². The summed E-state index contributed by atoms with van der Waals surface area (Å²) < 4.78 is 30.6. The summed E-state index contributed by atoms with van der Waals surface area (Å²) in [6, 6.07) is 10.1. The van der Waals surface area contributed by atoms with Crippen LogP contribution >= 0.6 is 11.6 Å². The lowest BCUT2D eigenvalue weighted by Crippen LogP contribution is -2.45. The average Bonchev–Trinajstić information content (AvgIpc) is 2.64. The summed E-state index contributed by atoms with van der Waals surface area (Å²) in [5, 5.41) is 2.75. The van der Waals surface area contributed by atoms with Crippen LogP contribution in [-0.2, 0) is 19.6 Å². The van der Waals surface area contributed by atoms with Gasteiger partial charge in [-0.25, -0.2) is 13.2 Å². The molecule has 156 valence electrons. The fraction of sp³-hybridized carbons (Fsp3) is 0.300. The highest BCUT2D eigenvalue weighted by Crippen LogP contribution is 2.26. The summed E-state index contributed by atoms with van der Waals surface area (Å²) in [5.41, 5.74) is 1.85. The topological polar surface area (TPSA) is 92.8 Å². The molecule has 7 nitrogen and oxygen atoms in total. The number of esters is 1. The van der Waals surface area contributed by atoms with Crippen LogP contribution in [0.15, 0.2) is 42.5 Å². The number of hydrogen-bond acceptors (Lipinski definition) is 5. The first kappa shape index (κ1) is 22.7. The van der Waals surface area contributed by atoms with E-state index in [9.17, 15) is 18.0 Å². The molecule has 1 atom stereocenters. The summed E-state index contributed by atoms with van der Waals surface area (Å²) in [4.78, 5) is 24.5. The van der Waals surface area contributed by atoms with Crippen LogP contribution in [0.4, 0.5) is 11.4 Å². The normalized spacial score (nSPS) is 12.2. The number of nitrogens with zero attached hydrogens (tertiary/aromatic N) is 1. The largest absolute Gasteiger partial charge is 0.462 e. The van der Waals surface area contributed by atoms with Gasteiger partial charge in [-0.1, -0.05) is 29.3 Å². The van der Waals surface area contributed by atoms with E-state index in [1.54, 1.807) is 31.2 Å². The Bertz CT molecular complexity index is 1010. The van der Waals surface area contributed by atoms with E-state index >= 15 is 0 Å². The van der Waals surface area contributed by atoms with Gasteiger partial charge < -0.3 is 10.1 Å². The summed E-state index contributed by atoms with van der Waals surface area (Å²) >= 11 is 6.17. The fourth-order valence-electron chi connectivity index (χ4n) is 2.70. The number of carbonyl (C=O) groups is 2. The number of hydrogen-bond donors (Lipinski definition) is 1. The third-order valence-corrected chi connectivity index (χ3v) is 5.67. The molecule has 2 aromatic rings. The molecular weight excluding hydrogens is 416 g/mol. The van der Waals surface area contributed by atoms with Crippen LogP contribution in [0.25, 0.3) is 0 Å². The lowest BCUT2D eigenvalue weighted by molar-refractivity contribution is -0.116. The second-order valence-corrected chi connectivity index (χ2v) is 8.74. The van der Waals surface area contributed by atoms with E-state index in [0.29, 0.717) is 5.69 Å². The second-order valence-electron chi connectivity index (χ2n) is 6.47. The van der Waals surface area contributed by atoms with Crippen molar-refractivity contribution in [3.63, 3.8) is 0 Å². The van der Waals surface area contributed by atoms with Crippen LogP contribution in [0, 0.1) is 6.92 Å². The third-order valence-electron chi connectivity index (χ3n) is 4.12. The summed E-state index contributed by atoms with van der Waals surface area (Å²) in [6.07, 6.45) is 1.04. The summed E-state index contributed by atoms with van der Waals surface area (Å²) in [7, 11) is -3.72. The predicted molar refractivity (Wildman–Crippen MR) is 114 cm³/mol. The van der Waals surface area contributed by atoms with Crippen molar-refractivity contribution in [2.24, 2.45) is 0 Å². The zero-order valence-electron chi connectivity index (χ0n) is 16.6. The smallest absolute Gasteiger partial charge is 0.338 e. The summed E-state index contributed by atoms with van der Waals surface area (Å²) in [6.45, 7) is 5.29. The van der Waals surface area contributed by atoms with E-state index in [-0.39, 0.29) is 22.9 Å². The number of nitrogens with one attached hydrogen (secondary N) is 1. The molecule has 0 saturated heterocycles. The molecule has 9 heteroatoms. The Kier molecular flexibility index (Phi) is 7.26. The van der Waals surface area contributed by atoms with Gasteiger partial charge >= 0.3 is 5.97 Å². The maximum atomic E-state index is 12.7. The number of amides is 1. The zero-order chi connectivity index (χ0) is 21.8. The number of anilines is 2. The molecule has 0 aliphatic heterocycles. The van der Waals surface area contributed by atoms with Crippen molar-refractivity contribution < 1.29 is 22.7 Å². The quantitative estimate of drug-likeness (QED) is 0.666. The molecule has 0 radical (unpaired) electrons. The van der Waals surface area contributed by atoms with Crippen molar-refractivity contribution in [3.8, 4) is 0 Å². The lowest BCUT2D eigenvalue weighted by Gasteiger charge is -2.28. The van der Waals surface area contributed by atoms with E-state index in [1.165, 1.54) is 25.1 Å². The fourth-order valence-corrected chi connectivity index (χ4v) is 4.10. The molecule has 0 heterocycles. The lowest BCUT2D eigenvalue weighted by atomic mass is 10.2. The monoisotopic (exact) mass is 438 g/mol. The highest BCUT2D eigenvalue weighted by Gasteiger charge is 2.29. The zero-order valence-corrected chi connectivity index (χ0v) is 18.2. The minimum Gasteiger partial charge on any atom is -0.462 e. The van der Waals surface area contributed by atoms with Crippen LogP contribution in [0.3, 0.4) is 0 Å². The first-order valence-corrected chi connectivity index (χ1v) is 11.1. The Morgan fingerprint density at radius 3 is 2.31 bits per heavy atom. The predicted octanol–water partition coefficient (Wildman–Crippen LogP) is 3.62. The first-order valence-electron chi connectivity index (χ1n) is 8.88. The van der Waals surface area contributed by atoms with Crippen molar-refractivity contribution in [1.29, 1.82) is 0 Å². The van der Waals surface area contributed by atoms with Gasteiger partial charge in [0.2, 0.25) is 15.9 Å². The molecule has 0 aliphatic rings. The van der Waals surface area contributed by atoms with Gasteiger partial charge in [-0.05, 0) is 51.1 Å². The van der Waals surface area contributed by atoms with Crippen LogP contribution in [-0.4, -0.2) is 39.2 Å². The van der Waals surface area contributed by atoms with Gasteiger partial charge in [-0.3, -0.25) is 9.10 Å². The highest BCUT2D eigenvalue weighted by molar-refractivity contribution is 7.92. The van der Waals surface area contributed by atoms with E-state index in [1.807, 2.05) is 6.92 Å². The van der Waals surface area contributed by atoms with Crippen molar-refractivity contribution in [2.45, 2.75) is 26.8 Å². The number of carbonyl (C=O) groups excluding carboxylic acids is 2. The first-order chi connectivity index (χ1) is 13.5. The molecule has 1 amide bonds. The van der Waals surface area contributed by atoms with E-state index in [2.05, 4.69) is 5.32 Å². The van der Waals surface area contributed by atoms with Crippen LogP contribution in [0.5, 0.6) is 0 Å². The van der Waals surface area contributed by atoms with Crippen LogP contribution < -0.4 is 9.62 Å². The van der Waals surface area contributed by atoms with Gasteiger partial charge in [-0.2, -0.15) is 0 Å². The number of ether oxygens (including phenoxy) is 1. The molecule has 0 saturated carbocycles. The Hall–Kier alpha value is -2.58. The number of halogens is 1.